The average Bonchev–Trinajstić information content (AvgIpc) is 2.89. The van der Waals surface area contributed by atoms with Crippen molar-refractivity contribution >= 4 is 30.7 Å². The van der Waals surface area contributed by atoms with Gasteiger partial charge in [-0.3, -0.25) is 4.79 Å². The number of amides is 1. The zero-order chi connectivity index (χ0) is 14.6. The van der Waals surface area contributed by atoms with E-state index in [-0.39, 0.29) is 30.7 Å². The third kappa shape index (κ3) is 5.63. The molecule has 6 nitrogen and oxygen atoms in total. The number of hydrogen-bond acceptors (Lipinski definition) is 4. The van der Waals surface area contributed by atoms with E-state index in [1.807, 2.05) is 24.3 Å². The van der Waals surface area contributed by atoms with Crippen LogP contribution in [0.25, 0.3) is 0 Å². The Hall–Kier alpha value is -1.63. The van der Waals surface area contributed by atoms with Gasteiger partial charge in [0.25, 0.3) is 0 Å². The summed E-state index contributed by atoms with van der Waals surface area (Å²) in [4.78, 5) is 15.7. The summed E-state index contributed by atoms with van der Waals surface area (Å²) >= 11 is 0. The minimum absolute atomic E-state index is 0. The van der Waals surface area contributed by atoms with E-state index in [4.69, 9.17) is 5.73 Å². The molecule has 1 aromatic heterocycles. The van der Waals surface area contributed by atoms with E-state index >= 15 is 0 Å². The first kappa shape index (κ1) is 20.4. The lowest BCUT2D eigenvalue weighted by atomic mass is 10.0. The molecular formula is C14H21Cl2N5O. The number of halogens is 2. The number of aromatic nitrogens is 3. The number of nitrogens with one attached hydrogen (secondary N) is 1. The summed E-state index contributed by atoms with van der Waals surface area (Å²) in [5, 5.41) is 6.94. The van der Waals surface area contributed by atoms with Crippen LogP contribution in [0.3, 0.4) is 0 Å². The van der Waals surface area contributed by atoms with Gasteiger partial charge in [-0.2, -0.15) is 5.10 Å². The van der Waals surface area contributed by atoms with Gasteiger partial charge >= 0.3 is 0 Å². The lowest BCUT2D eigenvalue weighted by molar-refractivity contribution is -0.125. The van der Waals surface area contributed by atoms with Gasteiger partial charge in [-0.05, 0) is 25.0 Å². The molecule has 8 heteroatoms. The number of nitrogens with zero attached hydrogens (tertiary/aromatic N) is 3. The van der Waals surface area contributed by atoms with E-state index in [0.717, 1.165) is 11.1 Å². The summed E-state index contributed by atoms with van der Waals surface area (Å²) in [6.07, 6.45) is 3.17. The molecule has 0 unspecified atom stereocenters. The first-order chi connectivity index (χ1) is 9.47. The van der Waals surface area contributed by atoms with Crippen molar-refractivity contribution < 1.29 is 4.79 Å². The van der Waals surface area contributed by atoms with Gasteiger partial charge < -0.3 is 11.1 Å². The van der Waals surface area contributed by atoms with Crippen molar-refractivity contribution in [2.45, 2.75) is 32.5 Å². The molecular weight excluding hydrogens is 325 g/mol. The Morgan fingerprint density at radius 2 is 1.91 bits per heavy atom. The number of nitrogens with two attached hydrogens (primary N) is 1. The first-order valence-electron chi connectivity index (χ1n) is 6.43. The summed E-state index contributed by atoms with van der Waals surface area (Å²) in [6.45, 7) is 4.44. The Morgan fingerprint density at radius 1 is 1.27 bits per heavy atom. The number of carbonyl (C=O) groups is 1. The predicted molar refractivity (Wildman–Crippen MR) is 90.2 cm³/mol. The summed E-state index contributed by atoms with van der Waals surface area (Å²) < 4.78 is 1.74. The molecule has 0 saturated heterocycles. The van der Waals surface area contributed by atoms with Gasteiger partial charge in [0, 0.05) is 6.54 Å². The molecule has 1 heterocycles. The lowest BCUT2D eigenvalue weighted by Gasteiger charge is -2.18. The highest BCUT2D eigenvalue weighted by molar-refractivity contribution is 5.86. The Bertz CT molecular complexity index is 581. The van der Waals surface area contributed by atoms with Crippen LogP contribution in [-0.4, -0.2) is 26.2 Å². The fourth-order valence-corrected chi connectivity index (χ4v) is 1.78. The molecule has 0 aliphatic rings. The summed E-state index contributed by atoms with van der Waals surface area (Å²) in [7, 11) is 0. The van der Waals surface area contributed by atoms with Crippen LogP contribution < -0.4 is 11.1 Å². The van der Waals surface area contributed by atoms with Crippen molar-refractivity contribution in [2.75, 3.05) is 0 Å². The van der Waals surface area contributed by atoms with Crippen LogP contribution in [0.2, 0.25) is 0 Å². The van der Waals surface area contributed by atoms with Crippen LogP contribution in [0, 0.1) is 0 Å². The smallest absolute Gasteiger partial charge is 0.239 e. The van der Waals surface area contributed by atoms with Crippen molar-refractivity contribution in [1.82, 2.24) is 20.1 Å². The number of benzene rings is 1. The summed E-state index contributed by atoms with van der Waals surface area (Å²) in [5.74, 6) is -0.173. The standard InChI is InChI=1S/C14H19N5O.2ClH/c1-14(2,15)13(20)17-7-11-5-3-4-6-12(11)8-19-10-16-9-18-19;;/h3-6,9-10H,7-8,15H2,1-2H3,(H,17,20);2*1H. The molecule has 0 radical (unpaired) electrons. The molecule has 1 aromatic carbocycles. The van der Waals surface area contributed by atoms with Gasteiger partial charge in [0.2, 0.25) is 5.91 Å². The van der Waals surface area contributed by atoms with E-state index in [2.05, 4.69) is 15.4 Å². The maximum absolute atomic E-state index is 11.8. The van der Waals surface area contributed by atoms with Gasteiger partial charge in [-0.25, -0.2) is 9.67 Å². The van der Waals surface area contributed by atoms with Crippen molar-refractivity contribution in [1.29, 1.82) is 0 Å². The topological polar surface area (TPSA) is 85.8 Å². The monoisotopic (exact) mass is 345 g/mol. The minimum Gasteiger partial charge on any atom is -0.350 e. The normalized spacial score (nSPS) is 10.3. The highest BCUT2D eigenvalue weighted by Gasteiger charge is 2.21. The fourth-order valence-electron chi connectivity index (χ4n) is 1.78. The SMILES string of the molecule is CC(C)(N)C(=O)NCc1ccccc1Cn1cncn1.Cl.Cl. The van der Waals surface area contributed by atoms with Crippen molar-refractivity contribution in [3.8, 4) is 0 Å². The van der Waals surface area contributed by atoms with E-state index in [1.165, 1.54) is 6.33 Å². The molecule has 0 atom stereocenters. The largest absolute Gasteiger partial charge is 0.350 e. The van der Waals surface area contributed by atoms with Crippen LogP contribution in [0.15, 0.2) is 36.9 Å². The average molecular weight is 346 g/mol. The Labute approximate surface area is 142 Å². The number of rotatable bonds is 5. The molecule has 22 heavy (non-hydrogen) atoms. The second-order valence-electron chi connectivity index (χ2n) is 5.27. The predicted octanol–water partition coefficient (Wildman–Crippen LogP) is 1.52. The van der Waals surface area contributed by atoms with Crippen LogP contribution in [0.1, 0.15) is 25.0 Å². The van der Waals surface area contributed by atoms with Gasteiger partial charge in [-0.15, -0.1) is 24.8 Å². The molecule has 0 spiro atoms. The zero-order valence-electron chi connectivity index (χ0n) is 12.5. The third-order valence-corrected chi connectivity index (χ3v) is 2.94. The van der Waals surface area contributed by atoms with Gasteiger partial charge in [0.15, 0.2) is 0 Å². The van der Waals surface area contributed by atoms with Gasteiger partial charge in [0.05, 0.1) is 12.1 Å². The second-order valence-corrected chi connectivity index (χ2v) is 5.27. The molecule has 2 rings (SSSR count). The van der Waals surface area contributed by atoms with Crippen LogP contribution in [0.4, 0.5) is 0 Å². The molecule has 0 fully saturated rings. The minimum atomic E-state index is -0.874. The van der Waals surface area contributed by atoms with E-state index in [1.54, 1.807) is 24.9 Å². The van der Waals surface area contributed by atoms with Crippen molar-refractivity contribution in [3.63, 3.8) is 0 Å². The van der Waals surface area contributed by atoms with Crippen LogP contribution in [0.5, 0.6) is 0 Å². The van der Waals surface area contributed by atoms with Crippen molar-refractivity contribution in [2.24, 2.45) is 5.73 Å². The van der Waals surface area contributed by atoms with Gasteiger partial charge in [-0.1, -0.05) is 24.3 Å². The summed E-state index contributed by atoms with van der Waals surface area (Å²) in [5.41, 5.74) is 7.02. The molecule has 0 aliphatic carbocycles. The molecule has 0 saturated carbocycles. The van der Waals surface area contributed by atoms with Crippen LogP contribution >= 0.6 is 24.8 Å². The van der Waals surface area contributed by atoms with Crippen molar-refractivity contribution in [3.05, 3.63) is 48.0 Å². The maximum Gasteiger partial charge on any atom is 0.239 e. The molecule has 122 valence electrons. The lowest BCUT2D eigenvalue weighted by Crippen LogP contribution is -2.48. The number of carbonyl (C=O) groups excluding carboxylic acids is 1. The second kappa shape index (κ2) is 8.73. The maximum atomic E-state index is 11.8. The van der Waals surface area contributed by atoms with E-state index in [9.17, 15) is 4.79 Å². The Balaban J connectivity index is 0.00000220. The van der Waals surface area contributed by atoms with Gasteiger partial charge in [0.1, 0.15) is 12.7 Å². The fraction of sp³-hybridized carbons (Fsp3) is 0.357. The van der Waals surface area contributed by atoms with E-state index < -0.39 is 5.54 Å². The highest BCUT2D eigenvalue weighted by Crippen LogP contribution is 2.10. The molecule has 2 aromatic rings. The molecule has 0 bridgehead atoms. The summed E-state index contributed by atoms with van der Waals surface area (Å²) in [6, 6.07) is 7.90. The molecule has 0 aliphatic heterocycles. The Morgan fingerprint density at radius 3 is 2.45 bits per heavy atom. The third-order valence-electron chi connectivity index (χ3n) is 2.94. The van der Waals surface area contributed by atoms with E-state index in [0.29, 0.717) is 13.1 Å². The quantitative estimate of drug-likeness (QED) is 0.860. The first-order valence-corrected chi connectivity index (χ1v) is 6.43. The number of hydrogen-bond donors (Lipinski definition) is 2. The Kier molecular flexibility index (Phi) is 8.08. The molecule has 3 N–H and O–H groups in total. The highest BCUT2D eigenvalue weighted by atomic mass is 35.5. The molecule has 1 amide bonds. The zero-order valence-corrected chi connectivity index (χ0v) is 14.2. The van der Waals surface area contributed by atoms with Crippen LogP contribution in [-0.2, 0) is 17.9 Å².